The Hall–Kier alpha value is -3.72. The van der Waals surface area contributed by atoms with Crippen molar-refractivity contribution >= 4 is 45.2 Å². The molecule has 0 radical (unpaired) electrons. The number of aryl methyl sites for hydroxylation is 1. The molecule has 0 saturated carbocycles. The molecular weight excluding hydrogens is 488 g/mol. The number of ether oxygens (including phenoxy) is 1. The average molecular weight is 515 g/mol. The number of aromatic nitrogens is 4. The second-order valence-electron chi connectivity index (χ2n) is 9.41. The molecular formula is C28H27ClN6O2. The number of fused-ring (bicyclic) bond motifs is 2. The van der Waals surface area contributed by atoms with E-state index in [9.17, 15) is 5.11 Å². The molecule has 188 valence electrons. The number of hydrogen-bond acceptors (Lipinski definition) is 7. The zero-order valence-corrected chi connectivity index (χ0v) is 20.8. The number of hydrogen-bond donors (Lipinski definition) is 3. The standard InChI is InChI=1S/C28H27ClN6O2/c29-20-7-2-18(3-8-20)15-31-25-10-6-19-5-1-17(13-23(19)34-25)4-9-21-14-24(36)28(37-21)35-12-11-22-26(30)32-16-33-27(22)35/h1-3,5-8,10-13,16,21,24,28,36H,4,9,14-15H2,(H,31,34)(H2,30,32,33). The molecule has 1 aliphatic rings. The fraction of sp³-hybridized carbons (Fsp3) is 0.250. The molecule has 6 rings (SSSR count). The molecule has 0 spiro atoms. The second kappa shape index (κ2) is 9.97. The number of nitrogens with one attached hydrogen (secondary N) is 1. The maximum absolute atomic E-state index is 10.7. The van der Waals surface area contributed by atoms with Crippen molar-refractivity contribution in [3.63, 3.8) is 0 Å². The van der Waals surface area contributed by atoms with Crippen LogP contribution < -0.4 is 11.1 Å². The highest BCUT2D eigenvalue weighted by Crippen LogP contribution is 2.34. The maximum atomic E-state index is 10.7. The minimum Gasteiger partial charge on any atom is -0.388 e. The Kier molecular flexibility index (Phi) is 6.38. The summed E-state index contributed by atoms with van der Waals surface area (Å²) in [6, 6.07) is 20.1. The van der Waals surface area contributed by atoms with Gasteiger partial charge in [0.25, 0.3) is 0 Å². The highest BCUT2D eigenvalue weighted by atomic mass is 35.5. The Labute approximate surface area is 219 Å². The summed E-state index contributed by atoms with van der Waals surface area (Å²) in [5.74, 6) is 1.24. The average Bonchev–Trinajstić information content (AvgIpc) is 3.50. The number of rotatable bonds is 7. The number of benzene rings is 2. The molecule has 4 N–H and O–H groups in total. The summed E-state index contributed by atoms with van der Waals surface area (Å²) in [4.78, 5) is 13.2. The quantitative estimate of drug-likeness (QED) is 0.277. The van der Waals surface area contributed by atoms with E-state index in [1.165, 1.54) is 11.9 Å². The molecule has 2 aromatic carbocycles. The number of aliphatic hydroxyl groups is 1. The van der Waals surface area contributed by atoms with Gasteiger partial charge in [0, 0.05) is 29.6 Å². The predicted molar refractivity (Wildman–Crippen MR) is 145 cm³/mol. The van der Waals surface area contributed by atoms with Crippen molar-refractivity contribution in [3.8, 4) is 0 Å². The Bertz CT molecular complexity index is 1550. The highest BCUT2D eigenvalue weighted by Gasteiger charge is 2.35. The molecule has 0 aliphatic carbocycles. The smallest absolute Gasteiger partial charge is 0.161 e. The lowest BCUT2D eigenvalue weighted by molar-refractivity contribution is -0.0363. The summed E-state index contributed by atoms with van der Waals surface area (Å²) in [7, 11) is 0. The van der Waals surface area contributed by atoms with E-state index < -0.39 is 12.3 Å². The summed E-state index contributed by atoms with van der Waals surface area (Å²) < 4.78 is 8.10. The first kappa shape index (κ1) is 23.7. The molecule has 1 saturated heterocycles. The minimum absolute atomic E-state index is 0.0623. The normalized spacial score (nSPS) is 19.6. The molecule has 0 bridgehead atoms. The molecule has 3 atom stereocenters. The largest absolute Gasteiger partial charge is 0.388 e. The number of halogens is 1. The van der Waals surface area contributed by atoms with Gasteiger partial charge in [0.15, 0.2) is 6.23 Å². The van der Waals surface area contributed by atoms with Crippen molar-refractivity contribution < 1.29 is 9.84 Å². The Morgan fingerprint density at radius 3 is 2.73 bits per heavy atom. The monoisotopic (exact) mass is 514 g/mol. The zero-order chi connectivity index (χ0) is 25.4. The van der Waals surface area contributed by atoms with E-state index in [0.717, 1.165) is 45.5 Å². The van der Waals surface area contributed by atoms with Gasteiger partial charge in [-0.15, -0.1) is 0 Å². The van der Waals surface area contributed by atoms with Gasteiger partial charge in [-0.25, -0.2) is 15.0 Å². The van der Waals surface area contributed by atoms with Crippen molar-refractivity contribution in [2.45, 2.75) is 44.2 Å². The number of pyridine rings is 1. The number of nitrogen functional groups attached to an aromatic ring is 1. The minimum atomic E-state index is -0.621. The zero-order valence-electron chi connectivity index (χ0n) is 20.1. The summed E-state index contributed by atoms with van der Waals surface area (Å²) >= 11 is 5.98. The molecule has 3 unspecified atom stereocenters. The van der Waals surface area contributed by atoms with Crippen LogP contribution in [-0.4, -0.2) is 36.8 Å². The van der Waals surface area contributed by atoms with E-state index in [1.807, 2.05) is 47.2 Å². The third kappa shape index (κ3) is 4.96. The van der Waals surface area contributed by atoms with E-state index >= 15 is 0 Å². The molecule has 1 aliphatic heterocycles. The van der Waals surface area contributed by atoms with Gasteiger partial charge in [-0.3, -0.25) is 0 Å². The van der Waals surface area contributed by atoms with Crippen molar-refractivity contribution in [3.05, 3.63) is 89.3 Å². The van der Waals surface area contributed by atoms with Crippen LogP contribution in [0.15, 0.2) is 73.2 Å². The Balaban J connectivity index is 1.11. The van der Waals surface area contributed by atoms with E-state index in [0.29, 0.717) is 24.4 Å². The maximum Gasteiger partial charge on any atom is 0.161 e. The van der Waals surface area contributed by atoms with E-state index in [1.54, 1.807) is 0 Å². The van der Waals surface area contributed by atoms with Crippen LogP contribution in [0, 0.1) is 0 Å². The molecule has 1 fully saturated rings. The first-order valence-corrected chi connectivity index (χ1v) is 12.7. The number of aliphatic hydroxyl groups excluding tert-OH is 1. The van der Waals surface area contributed by atoms with Gasteiger partial charge >= 0.3 is 0 Å². The van der Waals surface area contributed by atoms with Crippen LogP contribution in [0.2, 0.25) is 5.02 Å². The van der Waals surface area contributed by atoms with Crippen LogP contribution in [0.1, 0.15) is 30.2 Å². The molecule has 4 heterocycles. The first-order chi connectivity index (χ1) is 18.0. The topological polar surface area (TPSA) is 111 Å². The molecule has 9 heteroatoms. The van der Waals surface area contributed by atoms with Gasteiger partial charge in [-0.1, -0.05) is 35.9 Å². The van der Waals surface area contributed by atoms with E-state index in [2.05, 4.69) is 39.6 Å². The lowest BCUT2D eigenvalue weighted by Gasteiger charge is -2.17. The van der Waals surface area contributed by atoms with Gasteiger partial charge in [-0.2, -0.15) is 0 Å². The van der Waals surface area contributed by atoms with Crippen molar-refractivity contribution in [2.24, 2.45) is 0 Å². The fourth-order valence-electron chi connectivity index (χ4n) is 4.90. The third-order valence-electron chi connectivity index (χ3n) is 6.88. The first-order valence-electron chi connectivity index (χ1n) is 12.3. The Morgan fingerprint density at radius 2 is 1.86 bits per heavy atom. The molecule has 0 amide bonds. The number of nitrogens with zero attached hydrogens (tertiary/aromatic N) is 4. The Morgan fingerprint density at radius 1 is 1.05 bits per heavy atom. The summed E-state index contributed by atoms with van der Waals surface area (Å²) in [6.07, 6.45) is 4.28. The van der Waals surface area contributed by atoms with Gasteiger partial charge in [0.1, 0.15) is 29.7 Å². The molecule has 5 aromatic rings. The second-order valence-corrected chi connectivity index (χ2v) is 9.85. The van der Waals surface area contributed by atoms with Gasteiger partial charge < -0.3 is 25.5 Å². The predicted octanol–water partition coefficient (Wildman–Crippen LogP) is 5.11. The van der Waals surface area contributed by atoms with E-state index in [4.69, 9.17) is 27.1 Å². The summed E-state index contributed by atoms with van der Waals surface area (Å²) in [5.41, 5.74) is 9.89. The number of nitrogens with two attached hydrogens (primary N) is 1. The number of anilines is 2. The van der Waals surface area contributed by atoms with Gasteiger partial charge in [0.2, 0.25) is 0 Å². The van der Waals surface area contributed by atoms with Crippen molar-refractivity contribution in [1.82, 2.24) is 19.5 Å². The van der Waals surface area contributed by atoms with Crippen LogP contribution in [0.25, 0.3) is 21.9 Å². The lowest BCUT2D eigenvalue weighted by Crippen LogP contribution is -2.19. The summed E-state index contributed by atoms with van der Waals surface area (Å²) in [6.45, 7) is 0.674. The highest BCUT2D eigenvalue weighted by molar-refractivity contribution is 6.30. The van der Waals surface area contributed by atoms with Crippen LogP contribution in [0.5, 0.6) is 0 Å². The van der Waals surface area contributed by atoms with Crippen LogP contribution >= 0.6 is 11.6 Å². The lowest BCUT2D eigenvalue weighted by atomic mass is 10.0. The molecule has 37 heavy (non-hydrogen) atoms. The van der Waals surface area contributed by atoms with Crippen LogP contribution in [-0.2, 0) is 17.7 Å². The third-order valence-corrected chi connectivity index (χ3v) is 7.13. The van der Waals surface area contributed by atoms with Gasteiger partial charge in [0.05, 0.1) is 17.0 Å². The van der Waals surface area contributed by atoms with Gasteiger partial charge in [-0.05, 0) is 60.4 Å². The van der Waals surface area contributed by atoms with Crippen molar-refractivity contribution in [1.29, 1.82) is 0 Å². The van der Waals surface area contributed by atoms with Crippen LogP contribution in [0.4, 0.5) is 11.6 Å². The fourth-order valence-corrected chi connectivity index (χ4v) is 5.03. The van der Waals surface area contributed by atoms with Crippen LogP contribution in [0.3, 0.4) is 0 Å². The molecule has 8 nitrogen and oxygen atoms in total. The van der Waals surface area contributed by atoms with E-state index in [-0.39, 0.29) is 6.10 Å². The SMILES string of the molecule is Nc1ncnc2c1ccn2C1OC(CCc2ccc3ccc(NCc4ccc(Cl)cc4)nc3c2)CC1O. The summed E-state index contributed by atoms with van der Waals surface area (Å²) in [5, 5.41) is 16.7. The van der Waals surface area contributed by atoms with Crippen molar-refractivity contribution in [2.75, 3.05) is 11.1 Å². The molecule has 3 aromatic heterocycles.